The molecule has 0 spiro atoms. The standard InChI is InChI=1S/C19H20N4O2/c1-13-4-6-14(7-5-13)18-16-12-23(9-8-17(16)21-22-18)19(24)20-11-15-3-2-10-25-15/h2-7,10H,8-9,11-12H2,1H3,(H,20,24)(H,21,22). The molecule has 0 bridgehead atoms. The molecule has 0 radical (unpaired) electrons. The molecule has 25 heavy (non-hydrogen) atoms. The van der Waals surface area contributed by atoms with E-state index in [1.54, 1.807) is 6.26 Å². The first-order valence-electron chi connectivity index (χ1n) is 8.39. The second-order valence-corrected chi connectivity index (χ2v) is 6.30. The van der Waals surface area contributed by atoms with Crippen LogP contribution in [0.5, 0.6) is 0 Å². The van der Waals surface area contributed by atoms with E-state index in [0.29, 0.717) is 19.6 Å². The van der Waals surface area contributed by atoms with Crippen LogP contribution in [0.4, 0.5) is 4.79 Å². The molecule has 0 saturated carbocycles. The van der Waals surface area contributed by atoms with Crippen LogP contribution in [0.1, 0.15) is 22.6 Å². The molecular formula is C19H20N4O2. The number of furan rings is 1. The Balaban J connectivity index is 1.49. The molecule has 0 saturated heterocycles. The number of nitrogens with zero attached hydrogens (tertiary/aromatic N) is 2. The number of urea groups is 1. The maximum Gasteiger partial charge on any atom is 0.318 e. The van der Waals surface area contributed by atoms with Crippen LogP contribution in [0.2, 0.25) is 0 Å². The van der Waals surface area contributed by atoms with Gasteiger partial charge in [-0.2, -0.15) is 5.10 Å². The van der Waals surface area contributed by atoms with E-state index in [4.69, 9.17) is 4.42 Å². The van der Waals surface area contributed by atoms with Crippen LogP contribution >= 0.6 is 0 Å². The third-order valence-electron chi connectivity index (χ3n) is 4.54. The average molecular weight is 336 g/mol. The van der Waals surface area contributed by atoms with Crippen LogP contribution in [-0.2, 0) is 19.5 Å². The molecule has 2 aromatic heterocycles. The lowest BCUT2D eigenvalue weighted by molar-refractivity contribution is 0.191. The molecule has 0 atom stereocenters. The van der Waals surface area contributed by atoms with Gasteiger partial charge in [0.2, 0.25) is 0 Å². The summed E-state index contributed by atoms with van der Waals surface area (Å²) in [6, 6.07) is 11.9. The zero-order chi connectivity index (χ0) is 17.2. The number of hydrogen-bond acceptors (Lipinski definition) is 3. The molecule has 3 heterocycles. The van der Waals surface area contributed by atoms with E-state index in [1.807, 2.05) is 17.0 Å². The fourth-order valence-corrected chi connectivity index (χ4v) is 3.11. The Morgan fingerprint density at radius 2 is 2.16 bits per heavy atom. The summed E-state index contributed by atoms with van der Waals surface area (Å²) < 4.78 is 5.25. The summed E-state index contributed by atoms with van der Waals surface area (Å²) in [6.07, 6.45) is 2.39. The van der Waals surface area contributed by atoms with Gasteiger partial charge in [0.25, 0.3) is 0 Å². The van der Waals surface area contributed by atoms with Gasteiger partial charge in [-0.05, 0) is 19.1 Å². The predicted octanol–water partition coefficient (Wildman–Crippen LogP) is 3.25. The fourth-order valence-electron chi connectivity index (χ4n) is 3.11. The van der Waals surface area contributed by atoms with E-state index in [2.05, 4.69) is 46.7 Å². The SMILES string of the molecule is Cc1ccc(-c2n[nH]c3c2CN(C(=O)NCc2ccco2)CC3)cc1. The number of rotatable bonds is 3. The third kappa shape index (κ3) is 3.15. The van der Waals surface area contributed by atoms with E-state index in [0.717, 1.165) is 34.7 Å². The summed E-state index contributed by atoms with van der Waals surface area (Å²) in [7, 11) is 0. The van der Waals surface area contributed by atoms with Crippen LogP contribution in [0.3, 0.4) is 0 Å². The van der Waals surface area contributed by atoms with Crippen molar-refractivity contribution >= 4 is 6.03 Å². The minimum absolute atomic E-state index is 0.0851. The summed E-state index contributed by atoms with van der Waals surface area (Å²) >= 11 is 0. The van der Waals surface area contributed by atoms with Gasteiger partial charge >= 0.3 is 6.03 Å². The van der Waals surface area contributed by atoms with Crippen molar-refractivity contribution in [1.82, 2.24) is 20.4 Å². The lowest BCUT2D eigenvalue weighted by Crippen LogP contribution is -2.42. The first-order valence-corrected chi connectivity index (χ1v) is 8.39. The van der Waals surface area contributed by atoms with E-state index in [1.165, 1.54) is 5.56 Å². The number of nitrogens with one attached hydrogen (secondary N) is 2. The number of aryl methyl sites for hydroxylation is 1. The Hall–Kier alpha value is -3.02. The Kier molecular flexibility index (Phi) is 4.01. The molecular weight excluding hydrogens is 316 g/mol. The number of carbonyl (C=O) groups is 1. The number of hydrogen-bond donors (Lipinski definition) is 2. The van der Waals surface area contributed by atoms with Crippen molar-refractivity contribution in [2.75, 3.05) is 6.54 Å². The molecule has 1 aromatic carbocycles. The van der Waals surface area contributed by atoms with Crippen molar-refractivity contribution in [1.29, 1.82) is 0 Å². The molecule has 2 N–H and O–H groups in total. The maximum absolute atomic E-state index is 12.5. The number of fused-ring (bicyclic) bond motifs is 1. The monoisotopic (exact) mass is 336 g/mol. The highest BCUT2D eigenvalue weighted by Crippen LogP contribution is 2.28. The van der Waals surface area contributed by atoms with Crippen LogP contribution in [0.15, 0.2) is 47.1 Å². The number of H-pyrrole nitrogens is 1. The zero-order valence-corrected chi connectivity index (χ0v) is 14.1. The highest BCUT2D eigenvalue weighted by Gasteiger charge is 2.25. The number of benzene rings is 1. The molecule has 0 fully saturated rings. The van der Waals surface area contributed by atoms with E-state index < -0.39 is 0 Å². The second-order valence-electron chi connectivity index (χ2n) is 6.30. The van der Waals surface area contributed by atoms with Gasteiger partial charge in [0, 0.05) is 29.8 Å². The van der Waals surface area contributed by atoms with Crippen LogP contribution in [-0.4, -0.2) is 27.7 Å². The van der Waals surface area contributed by atoms with E-state index in [9.17, 15) is 4.79 Å². The molecule has 3 aromatic rings. The Labute approximate surface area is 145 Å². The quantitative estimate of drug-likeness (QED) is 0.771. The number of aromatic amines is 1. The summed E-state index contributed by atoms with van der Waals surface area (Å²) in [6.45, 7) is 3.69. The minimum atomic E-state index is -0.0851. The van der Waals surface area contributed by atoms with E-state index in [-0.39, 0.29) is 6.03 Å². The van der Waals surface area contributed by atoms with Crippen LogP contribution in [0, 0.1) is 6.92 Å². The lowest BCUT2D eigenvalue weighted by Gasteiger charge is -2.27. The molecule has 1 aliphatic rings. The Morgan fingerprint density at radius 3 is 2.92 bits per heavy atom. The molecule has 6 nitrogen and oxygen atoms in total. The van der Waals surface area contributed by atoms with Gasteiger partial charge in [-0.1, -0.05) is 29.8 Å². The van der Waals surface area contributed by atoms with Crippen LogP contribution in [0.25, 0.3) is 11.3 Å². The Morgan fingerprint density at radius 1 is 1.32 bits per heavy atom. The Bertz CT molecular complexity index is 865. The van der Waals surface area contributed by atoms with Crippen molar-refractivity contribution in [3.8, 4) is 11.3 Å². The summed E-state index contributed by atoms with van der Waals surface area (Å²) in [5, 5.41) is 10.5. The van der Waals surface area contributed by atoms with Crippen molar-refractivity contribution in [3.63, 3.8) is 0 Å². The van der Waals surface area contributed by atoms with Gasteiger partial charge in [-0.25, -0.2) is 4.79 Å². The summed E-state index contributed by atoms with van der Waals surface area (Å²) in [5.41, 5.74) is 5.43. The van der Waals surface area contributed by atoms with Crippen molar-refractivity contribution in [2.24, 2.45) is 0 Å². The van der Waals surface area contributed by atoms with Gasteiger partial charge in [0.05, 0.1) is 25.0 Å². The number of aromatic nitrogens is 2. The number of carbonyl (C=O) groups excluding carboxylic acids is 1. The molecule has 2 amide bonds. The van der Waals surface area contributed by atoms with Crippen molar-refractivity contribution in [2.45, 2.75) is 26.4 Å². The van der Waals surface area contributed by atoms with Crippen molar-refractivity contribution < 1.29 is 9.21 Å². The highest BCUT2D eigenvalue weighted by atomic mass is 16.3. The van der Waals surface area contributed by atoms with Gasteiger partial charge in [0.15, 0.2) is 0 Å². The molecule has 0 unspecified atom stereocenters. The third-order valence-corrected chi connectivity index (χ3v) is 4.54. The van der Waals surface area contributed by atoms with E-state index >= 15 is 0 Å². The van der Waals surface area contributed by atoms with Crippen molar-refractivity contribution in [3.05, 3.63) is 65.2 Å². The normalized spacial score (nSPS) is 13.6. The molecule has 6 heteroatoms. The van der Waals surface area contributed by atoms with Gasteiger partial charge in [0.1, 0.15) is 5.76 Å². The smallest absolute Gasteiger partial charge is 0.318 e. The second kappa shape index (κ2) is 6.47. The predicted molar refractivity (Wildman–Crippen MR) is 93.8 cm³/mol. The molecule has 128 valence electrons. The lowest BCUT2D eigenvalue weighted by atomic mass is 10.0. The fraction of sp³-hybridized carbons (Fsp3) is 0.263. The highest BCUT2D eigenvalue weighted by molar-refractivity contribution is 5.75. The zero-order valence-electron chi connectivity index (χ0n) is 14.1. The van der Waals surface area contributed by atoms with Crippen LogP contribution < -0.4 is 5.32 Å². The topological polar surface area (TPSA) is 74.2 Å². The van der Waals surface area contributed by atoms with Gasteiger partial charge in [-0.3, -0.25) is 5.10 Å². The first-order chi connectivity index (χ1) is 12.2. The summed E-state index contributed by atoms with van der Waals surface area (Å²) in [4.78, 5) is 14.3. The van der Waals surface area contributed by atoms with Gasteiger partial charge in [-0.15, -0.1) is 0 Å². The molecule has 1 aliphatic heterocycles. The average Bonchev–Trinajstić information content (AvgIpc) is 3.29. The molecule has 0 aliphatic carbocycles. The summed E-state index contributed by atoms with van der Waals surface area (Å²) in [5.74, 6) is 0.745. The maximum atomic E-state index is 12.5. The largest absolute Gasteiger partial charge is 0.467 e. The van der Waals surface area contributed by atoms with Gasteiger partial charge < -0.3 is 14.6 Å². The molecule has 4 rings (SSSR count). The first kappa shape index (κ1) is 15.5. The number of amides is 2. The minimum Gasteiger partial charge on any atom is -0.467 e.